The van der Waals surface area contributed by atoms with Crippen molar-refractivity contribution >= 4 is 28.7 Å². The van der Waals surface area contributed by atoms with Crippen LogP contribution in [-0.4, -0.2) is 56.8 Å². The Balaban J connectivity index is 1.42. The zero-order valence-corrected chi connectivity index (χ0v) is 15.1. The Morgan fingerprint density at radius 1 is 1.21 bits per heavy atom. The van der Waals surface area contributed by atoms with Gasteiger partial charge in [0.2, 0.25) is 5.91 Å². The number of anilines is 1. The molecule has 8 heteroatoms. The van der Waals surface area contributed by atoms with Crippen LogP contribution in [0, 0.1) is 5.92 Å². The van der Waals surface area contributed by atoms with Gasteiger partial charge < -0.3 is 10.0 Å². The summed E-state index contributed by atoms with van der Waals surface area (Å²) in [5.74, 6) is 0.379. The van der Waals surface area contributed by atoms with Crippen LogP contribution in [0.2, 0.25) is 0 Å². The van der Waals surface area contributed by atoms with Gasteiger partial charge in [0.25, 0.3) is 0 Å². The predicted octanol–water partition coefficient (Wildman–Crippen LogP) is 2.51. The van der Waals surface area contributed by atoms with Crippen molar-refractivity contribution in [3.8, 4) is 11.1 Å². The predicted molar refractivity (Wildman–Crippen MR) is 103 cm³/mol. The van der Waals surface area contributed by atoms with Crippen molar-refractivity contribution in [1.29, 1.82) is 0 Å². The Kier molecular flexibility index (Phi) is 3.78. The van der Waals surface area contributed by atoms with Crippen LogP contribution in [-0.2, 0) is 11.2 Å². The van der Waals surface area contributed by atoms with Gasteiger partial charge in [-0.25, -0.2) is 9.78 Å². The van der Waals surface area contributed by atoms with E-state index in [-0.39, 0.29) is 18.4 Å². The maximum atomic E-state index is 12.9. The molecule has 28 heavy (non-hydrogen) atoms. The maximum absolute atomic E-state index is 12.9. The van der Waals surface area contributed by atoms with E-state index in [1.165, 1.54) is 4.90 Å². The minimum Gasteiger partial charge on any atom is -0.465 e. The third-order valence-corrected chi connectivity index (χ3v) is 5.67. The van der Waals surface area contributed by atoms with Gasteiger partial charge in [-0.3, -0.25) is 14.8 Å². The summed E-state index contributed by atoms with van der Waals surface area (Å²) in [6, 6.07) is 8.09. The Labute approximate surface area is 160 Å². The molecule has 2 amide bonds. The molecule has 0 aliphatic carbocycles. The van der Waals surface area contributed by atoms with E-state index in [0.717, 1.165) is 34.0 Å². The fourth-order valence-electron chi connectivity index (χ4n) is 4.21. The number of aromatic amines is 1. The molecule has 0 spiro atoms. The monoisotopic (exact) mass is 377 g/mol. The quantitative estimate of drug-likeness (QED) is 0.714. The summed E-state index contributed by atoms with van der Waals surface area (Å²) >= 11 is 0. The number of pyridine rings is 1. The number of carboxylic acid groups (broad SMARTS) is 1. The van der Waals surface area contributed by atoms with E-state index >= 15 is 0 Å². The minimum atomic E-state index is -0.965. The number of hydrogen-bond acceptors (Lipinski definition) is 4. The Morgan fingerprint density at radius 3 is 2.93 bits per heavy atom. The number of aromatic nitrogens is 3. The van der Waals surface area contributed by atoms with Crippen LogP contribution < -0.4 is 4.90 Å². The molecule has 1 fully saturated rings. The van der Waals surface area contributed by atoms with E-state index in [2.05, 4.69) is 21.2 Å². The summed E-state index contributed by atoms with van der Waals surface area (Å²) in [4.78, 5) is 31.7. The molecular weight excluding hydrogens is 358 g/mol. The zero-order chi connectivity index (χ0) is 19.3. The third-order valence-electron chi connectivity index (χ3n) is 5.67. The maximum Gasteiger partial charge on any atom is 0.407 e. The van der Waals surface area contributed by atoms with Crippen molar-refractivity contribution in [3.05, 3.63) is 42.2 Å². The molecule has 142 valence electrons. The summed E-state index contributed by atoms with van der Waals surface area (Å²) in [5.41, 5.74) is 4.07. The second kappa shape index (κ2) is 6.33. The highest BCUT2D eigenvalue weighted by Gasteiger charge is 2.36. The lowest BCUT2D eigenvalue weighted by Crippen LogP contribution is -2.37. The first-order valence-electron chi connectivity index (χ1n) is 9.32. The number of benzene rings is 1. The van der Waals surface area contributed by atoms with Gasteiger partial charge in [-0.05, 0) is 36.1 Å². The van der Waals surface area contributed by atoms with Crippen molar-refractivity contribution in [2.24, 2.45) is 5.92 Å². The van der Waals surface area contributed by atoms with E-state index in [4.69, 9.17) is 5.11 Å². The molecule has 2 N–H and O–H groups in total. The highest BCUT2D eigenvalue weighted by atomic mass is 16.4. The Morgan fingerprint density at radius 2 is 2.11 bits per heavy atom. The van der Waals surface area contributed by atoms with Crippen LogP contribution in [0.15, 0.2) is 36.7 Å². The number of likely N-dealkylation sites (tertiary alicyclic amines) is 1. The number of H-pyrrole nitrogens is 1. The van der Waals surface area contributed by atoms with Gasteiger partial charge in [0.05, 0.1) is 17.6 Å². The molecular formula is C20H19N5O3. The fourth-order valence-corrected chi connectivity index (χ4v) is 4.21. The molecule has 0 radical (unpaired) electrons. The van der Waals surface area contributed by atoms with E-state index in [9.17, 15) is 9.59 Å². The van der Waals surface area contributed by atoms with Crippen LogP contribution in [0.25, 0.3) is 22.0 Å². The standard InChI is InChI=1S/C20H19N5O3/c26-19(13-4-6-24(11-13)20(27)28)25-7-5-12-8-14(9-21-18(12)25)15-2-1-3-17-16(15)10-22-23-17/h1-3,8-10,13H,4-7,11H2,(H,22,23)(H,27,28)/t13-/m0/s1. The normalized spacial score (nSPS) is 18.6. The first kappa shape index (κ1) is 16.7. The van der Waals surface area contributed by atoms with Crippen molar-refractivity contribution in [2.75, 3.05) is 24.5 Å². The number of nitrogens with zero attached hydrogens (tertiary/aromatic N) is 4. The lowest BCUT2D eigenvalue weighted by atomic mass is 10.0. The highest BCUT2D eigenvalue weighted by Crippen LogP contribution is 2.34. The Bertz CT molecular complexity index is 1090. The lowest BCUT2D eigenvalue weighted by Gasteiger charge is -2.20. The van der Waals surface area contributed by atoms with Crippen LogP contribution in [0.3, 0.4) is 0 Å². The van der Waals surface area contributed by atoms with Crippen LogP contribution in [0.1, 0.15) is 12.0 Å². The molecule has 4 heterocycles. The van der Waals surface area contributed by atoms with Crippen molar-refractivity contribution in [3.63, 3.8) is 0 Å². The summed E-state index contributed by atoms with van der Waals surface area (Å²) in [7, 11) is 0. The highest BCUT2D eigenvalue weighted by molar-refractivity contribution is 5.98. The summed E-state index contributed by atoms with van der Waals surface area (Å²) in [6.45, 7) is 1.26. The SMILES string of the molecule is O=C(O)N1CC[C@H](C(=O)N2CCc3cc(-c4cccc5[nH]ncc45)cnc32)C1. The van der Waals surface area contributed by atoms with Gasteiger partial charge in [-0.2, -0.15) is 5.10 Å². The number of carbonyl (C=O) groups excluding carboxylic acids is 1. The van der Waals surface area contributed by atoms with Gasteiger partial charge in [0.1, 0.15) is 5.82 Å². The van der Waals surface area contributed by atoms with E-state index < -0.39 is 6.09 Å². The first-order chi connectivity index (χ1) is 13.6. The van der Waals surface area contributed by atoms with Gasteiger partial charge in [-0.1, -0.05) is 12.1 Å². The molecule has 2 aliphatic heterocycles. The van der Waals surface area contributed by atoms with E-state index in [1.54, 1.807) is 11.1 Å². The summed E-state index contributed by atoms with van der Waals surface area (Å²) in [6.07, 6.45) is 3.95. The Hall–Kier alpha value is -3.42. The zero-order valence-electron chi connectivity index (χ0n) is 15.1. The fraction of sp³-hybridized carbons (Fsp3) is 0.300. The van der Waals surface area contributed by atoms with Gasteiger partial charge in [0, 0.05) is 36.8 Å². The van der Waals surface area contributed by atoms with E-state index in [1.807, 2.05) is 24.4 Å². The van der Waals surface area contributed by atoms with Crippen LogP contribution in [0.5, 0.6) is 0 Å². The van der Waals surface area contributed by atoms with E-state index in [0.29, 0.717) is 25.3 Å². The molecule has 2 aromatic heterocycles. The number of amides is 2. The van der Waals surface area contributed by atoms with Crippen molar-refractivity contribution in [1.82, 2.24) is 20.1 Å². The summed E-state index contributed by atoms with van der Waals surface area (Å²) in [5, 5.41) is 17.2. The topological polar surface area (TPSA) is 102 Å². The molecule has 5 rings (SSSR count). The molecule has 2 aliphatic rings. The third kappa shape index (κ3) is 2.60. The van der Waals surface area contributed by atoms with Crippen LogP contribution >= 0.6 is 0 Å². The number of rotatable bonds is 2. The number of carbonyl (C=O) groups is 2. The van der Waals surface area contributed by atoms with Gasteiger partial charge in [-0.15, -0.1) is 0 Å². The van der Waals surface area contributed by atoms with Crippen LogP contribution in [0.4, 0.5) is 10.6 Å². The van der Waals surface area contributed by atoms with Gasteiger partial charge in [0.15, 0.2) is 0 Å². The molecule has 1 saturated heterocycles. The number of hydrogen-bond donors (Lipinski definition) is 2. The van der Waals surface area contributed by atoms with Gasteiger partial charge >= 0.3 is 6.09 Å². The van der Waals surface area contributed by atoms with Crippen molar-refractivity contribution in [2.45, 2.75) is 12.8 Å². The molecule has 1 atom stereocenters. The lowest BCUT2D eigenvalue weighted by molar-refractivity contribution is -0.121. The molecule has 1 aromatic carbocycles. The first-order valence-corrected chi connectivity index (χ1v) is 9.32. The number of fused-ring (bicyclic) bond motifs is 2. The number of nitrogens with one attached hydrogen (secondary N) is 1. The second-order valence-corrected chi connectivity index (χ2v) is 7.30. The molecule has 3 aromatic rings. The molecule has 8 nitrogen and oxygen atoms in total. The minimum absolute atomic E-state index is 0.0281. The summed E-state index contributed by atoms with van der Waals surface area (Å²) < 4.78 is 0. The average molecular weight is 377 g/mol. The molecule has 0 unspecified atom stereocenters. The molecule has 0 saturated carbocycles. The average Bonchev–Trinajstić information content (AvgIpc) is 3.45. The molecule has 0 bridgehead atoms. The smallest absolute Gasteiger partial charge is 0.407 e. The largest absolute Gasteiger partial charge is 0.465 e. The van der Waals surface area contributed by atoms with Crippen molar-refractivity contribution < 1.29 is 14.7 Å². The second-order valence-electron chi connectivity index (χ2n) is 7.30.